The molecular weight excluding hydrogens is 364 g/mol. The number of benzene rings is 2. The zero-order valence-corrected chi connectivity index (χ0v) is 16.8. The minimum Gasteiger partial charge on any atom is -0.497 e. The van der Waals surface area contributed by atoms with E-state index in [9.17, 15) is 13.2 Å². The number of carbonyl (C=O) groups is 1. The Balaban J connectivity index is 2.18. The molecule has 0 saturated carbocycles. The molecular formula is C20H26N2O4S. The van der Waals surface area contributed by atoms with Crippen molar-refractivity contribution in [1.82, 2.24) is 4.72 Å². The number of anilines is 1. The summed E-state index contributed by atoms with van der Waals surface area (Å²) in [6.07, 6.45) is 0.382. The van der Waals surface area contributed by atoms with Gasteiger partial charge in [0.1, 0.15) is 11.8 Å². The van der Waals surface area contributed by atoms with Gasteiger partial charge < -0.3 is 10.1 Å². The van der Waals surface area contributed by atoms with Crippen LogP contribution in [0.15, 0.2) is 53.4 Å². The molecule has 1 amide bonds. The van der Waals surface area contributed by atoms with E-state index in [0.717, 1.165) is 5.56 Å². The van der Waals surface area contributed by atoms with Crippen LogP contribution in [0.2, 0.25) is 0 Å². The van der Waals surface area contributed by atoms with Crippen LogP contribution in [0.5, 0.6) is 5.75 Å². The van der Waals surface area contributed by atoms with Gasteiger partial charge in [0.05, 0.1) is 12.0 Å². The number of hydrogen-bond acceptors (Lipinski definition) is 4. The first kappa shape index (κ1) is 20.9. The molecule has 0 fully saturated rings. The third-order valence-corrected chi connectivity index (χ3v) is 5.50. The highest BCUT2D eigenvalue weighted by atomic mass is 32.2. The van der Waals surface area contributed by atoms with E-state index >= 15 is 0 Å². The minimum absolute atomic E-state index is 0.0835. The molecule has 2 aromatic rings. The van der Waals surface area contributed by atoms with E-state index in [0.29, 0.717) is 17.9 Å². The summed E-state index contributed by atoms with van der Waals surface area (Å²) in [5, 5.41) is 2.78. The van der Waals surface area contributed by atoms with Gasteiger partial charge in [-0.25, -0.2) is 8.42 Å². The summed E-state index contributed by atoms with van der Waals surface area (Å²) in [5.74, 6) is 0.312. The van der Waals surface area contributed by atoms with Crippen LogP contribution in [0.3, 0.4) is 0 Å². The predicted molar refractivity (Wildman–Crippen MR) is 106 cm³/mol. The molecule has 0 heterocycles. The van der Waals surface area contributed by atoms with Gasteiger partial charge in [-0.2, -0.15) is 4.72 Å². The van der Waals surface area contributed by atoms with Crippen LogP contribution in [0.1, 0.15) is 25.8 Å². The lowest BCUT2D eigenvalue weighted by atomic mass is 10.0. The maximum Gasteiger partial charge on any atom is 0.242 e. The van der Waals surface area contributed by atoms with Crippen LogP contribution in [0, 0.1) is 12.8 Å². The number of nitrogens with one attached hydrogen (secondary N) is 2. The first-order valence-electron chi connectivity index (χ1n) is 8.75. The van der Waals surface area contributed by atoms with Crippen LogP contribution in [-0.2, 0) is 14.8 Å². The first-order valence-corrected chi connectivity index (χ1v) is 10.2. The molecule has 0 aliphatic carbocycles. The monoisotopic (exact) mass is 390 g/mol. The molecule has 27 heavy (non-hydrogen) atoms. The van der Waals surface area contributed by atoms with Crippen LogP contribution in [0.4, 0.5) is 5.69 Å². The Morgan fingerprint density at radius 2 is 1.63 bits per heavy atom. The van der Waals surface area contributed by atoms with Crippen molar-refractivity contribution in [2.45, 2.75) is 38.1 Å². The number of sulfonamides is 1. The molecule has 0 saturated heterocycles. The van der Waals surface area contributed by atoms with Crippen molar-refractivity contribution in [2.24, 2.45) is 5.92 Å². The molecule has 6 nitrogen and oxygen atoms in total. The summed E-state index contributed by atoms with van der Waals surface area (Å²) in [7, 11) is -2.33. The Morgan fingerprint density at radius 1 is 1.04 bits per heavy atom. The van der Waals surface area contributed by atoms with Crippen molar-refractivity contribution in [3.63, 3.8) is 0 Å². The van der Waals surface area contributed by atoms with Crippen molar-refractivity contribution < 1.29 is 17.9 Å². The Labute approximate surface area is 161 Å². The van der Waals surface area contributed by atoms with Crippen LogP contribution in [0.25, 0.3) is 0 Å². The molecule has 0 aromatic heterocycles. The molecule has 0 radical (unpaired) electrons. The predicted octanol–water partition coefficient (Wildman–Crippen LogP) is 3.34. The van der Waals surface area contributed by atoms with Gasteiger partial charge in [0, 0.05) is 5.69 Å². The van der Waals surface area contributed by atoms with Gasteiger partial charge in [0.15, 0.2) is 0 Å². The normalized spacial score (nSPS) is 12.6. The Hall–Kier alpha value is -2.38. The number of aryl methyl sites for hydroxylation is 1. The van der Waals surface area contributed by atoms with E-state index in [4.69, 9.17) is 4.74 Å². The molecule has 0 unspecified atom stereocenters. The molecule has 0 spiro atoms. The van der Waals surface area contributed by atoms with Gasteiger partial charge in [-0.1, -0.05) is 31.5 Å². The van der Waals surface area contributed by atoms with Crippen molar-refractivity contribution >= 4 is 21.6 Å². The second-order valence-electron chi connectivity index (χ2n) is 6.83. The summed E-state index contributed by atoms with van der Waals surface area (Å²) in [6, 6.07) is 12.5. The van der Waals surface area contributed by atoms with E-state index in [1.54, 1.807) is 24.3 Å². The van der Waals surface area contributed by atoms with Gasteiger partial charge in [-0.3, -0.25) is 4.79 Å². The average molecular weight is 391 g/mol. The minimum atomic E-state index is -3.84. The average Bonchev–Trinajstić information content (AvgIpc) is 2.62. The fourth-order valence-electron chi connectivity index (χ4n) is 2.56. The summed E-state index contributed by atoms with van der Waals surface area (Å²) < 4.78 is 33.0. The van der Waals surface area contributed by atoms with E-state index in [-0.39, 0.29) is 16.7 Å². The lowest BCUT2D eigenvalue weighted by Gasteiger charge is -2.20. The highest BCUT2D eigenvalue weighted by molar-refractivity contribution is 7.89. The summed E-state index contributed by atoms with van der Waals surface area (Å²) in [6.45, 7) is 5.83. The van der Waals surface area contributed by atoms with Crippen LogP contribution >= 0.6 is 0 Å². The number of methoxy groups -OCH3 is 1. The fourth-order valence-corrected chi connectivity index (χ4v) is 3.76. The summed E-state index contributed by atoms with van der Waals surface area (Å²) >= 11 is 0. The molecule has 146 valence electrons. The second-order valence-corrected chi connectivity index (χ2v) is 8.55. The zero-order valence-electron chi connectivity index (χ0n) is 16.0. The second kappa shape index (κ2) is 9.01. The quantitative estimate of drug-likeness (QED) is 0.724. The maximum absolute atomic E-state index is 12.7. The topological polar surface area (TPSA) is 84.5 Å². The lowest BCUT2D eigenvalue weighted by Crippen LogP contribution is -2.44. The lowest BCUT2D eigenvalue weighted by molar-refractivity contribution is -0.118. The van der Waals surface area contributed by atoms with Gasteiger partial charge in [-0.15, -0.1) is 0 Å². The van der Waals surface area contributed by atoms with Crippen molar-refractivity contribution in [1.29, 1.82) is 0 Å². The molecule has 2 rings (SSSR count). The van der Waals surface area contributed by atoms with Crippen molar-refractivity contribution in [2.75, 3.05) is 12.4 Å². The largest absolute Gasteiger partial charge is 0.497 e. The van der Waals surface area contributed by atoms with Gasteiger partial charge in [0.25, 0.3) is 0 Å². The molecule has 2 N–H and O–H groups in total. The molecule has 7 heteroatoms. The maximum atomic E-state index is 12.7. The first-order chi connectivity index (χ1) is 12.7. The number of amides is 1. The van der Waals surface area contributed by atoms with E-state index in [2.05, 4.69) is 10.0 Å². The third-order valence-electron chi connectivity index (χ3n) is 4.01. The SMILES string of the molecule is COc1ccc(S(=O)(=O)N[C@H](CC(C)C)C(=O)Nc2ccc(C)cc2)cc1. The Morgan fingerprint density at radius 3 is 2.15 bits per heavy atom. The van der Waals surface area contributed by atoms with Crippen molar-refractivity contribution in [3.8, 4) is 5.75 Å². The molecule has 0 aliphatic heterocycles. The number of carbonyl (C=O) groups excluding carboxylic acids is 1. The molecule has 0 aliphatic rings. The van der Waals surface area contributed by atoms with E-state index in [1.165, 1.54) is 19.2 Å². The number of hydrogen-bond donors (Lipinski definition) is 2. The highest BCUT2D eigenvalue weighted by Gasteiger charge is 2.26. The number of ether oxygens (including phenoxy) is 1. The van der Waals surface area contributed by atoms with Crippen LogP contribution in [-0.4, -0.2) is 27.5 Å². The van der Waals surface area contributed by atoms with Gasteiger partial charge >= 0.3 is 0 Å². The smallest absolute Gasteiger partial charge is 0.242 e. The number of rotatable bonds is 8. The summed E-state index contributed by atoms with van der Waals surface area (Å²) in [5.41, 5.74) is 1.70. The van der Waals surface area contributed by atoms with Gasteiger partial charge in [-0.05, 0) is 55.7 Å². The Bertz CT molecular complexity index is 860. The molecule has 2 aromatic carbocycles. The molecule has 1 atom stereocenters. The van der Waals surface area contributed by atoms with E-state index in [1.807, 2.05) is 32.9 Å². The van der Waals surface area contributed by atoms with Crippen molar-refractivity contribution in [3.05, 3.63) is 54.1 Å². The third kappa shape index (κ3) is 6.08. The zero-order chi connectivity index (χ0) is 20.0. The standard InChI is InChI=1S/C20H26N2O4S/c1-14(2)13-19(20(23)21-16-7-5-15(3)6-8-16)22-27(24,25)18-11-9-17(26-4)10-12-18/h5-12,14,19,22H,13H2,1-4H3,(H,21,23)/t19-/m1/s1. The Kier molecular flexibility index (Phi) is 6.98. The van der Waals surface area contributed by atoms with Crippen LogP contribution < -0.4 is 14.8 Å². The fraction of sp³-hybridized carbons (Fsp3) is 0.350. The highest BCUT2D eigenvalue weighted by Crippen LogP contribution is 2.18. The van der Waals surface area contributed by atoms with E-state index < -0.39 is 16.1 Å². The van der Waals surface area contributed by atoms with Gasteiger partial charge in [0.2, 0.25) is 15.9 Å². The summed E-state index contributed by atoms with van der Waals surface area (Å²) in [4.78, 5) is 12.8. The molecule has 0 bridgehead atoms.